The van der Waals surface area contributed by atoms with Gasteiger partial charge in [-0.2, -0.15) is 0 Å². The Bertz CT molecular complexity index is 1820. The molecule has 0 aliphatic rings. The van der Waals surface area contributed by atoms with E-state index in [1.54, 1.807) is 37.3 Å². The fraction of sp³-hybridized carbons (Fsp3) is 0.147. The van der Waals surface area contributed by atoms with Gasteiger partial charge in [-0.3, -0.25) is 9.78 Å². The summed E-state index contributed by atoms with van der Waals surface area (Å²) in [4.78, 5) is 29.6. The lowest BCUT2D eigenvalue weighted by Crippen LogP contribution is -2.25. The molecule has 1 aromatic heterocycles. The van der Waals surface area contributed by atoms with Crippen molar-refractivity contribution in [1.29, 1.82) is 0 Å². The fourth-order valence-corrected chi connectivity index (χ4v) is 5.06. The van der Waals surface area contributed by atoms with Gasteiger partial charge >= 0.3 is 5.97 Å². The van der Waals surface area contributed by atoms with Crippen LogP contribution >= 0.6 is 31.9 Å². The first-order chi connectivity index (χ1) is 20.2. The molecule has 4 aromatic carbocycles. The number of ether oxygens (including phenoxy) is 1. The SMILES string of the molecule is Cc1nc2ccc(Br)cc2c(-c2ccc(F)cc2)c1C(=O)OC(C)(C)C.Nc1ccc(Br)cc1C(=O)c1ccc(F)cc1. The first-order valence-electron chi connectivity index (χ1n) is 13.2. The van der Waals surface area contributed by atoms with Crippen LogP contribution in [0.15, 0.2) is 93.9 Å². The molecule has 0 bridgehead atoms. The van der Waals surface area contributed by atoms with Gasteiger partial charge in [-0.05, 0) is 106 Å². The Hall–Kier alpha value is -3.95. The van der Waals surface area contributed by atoms with Crippen molar-refractivity contribution in [3.05, 3.63) is 128 Å². The van der Waals surface area contributed by atoms with Crippen molar-refractivity contribution in [1.82, 2.24) is 4.98 Å². The second kappa shape index (κ2) is 13.1. The van der Waals surface area contributed by atoms with Gasteiger partial charge in [-0.25, -0.2) is 13.6 Å². The van der Waals surface area contributed by atoms with Crippen molar-refractivity contribution >= 4 is 60.2 Å². The second-order valence-electron chi connectivity index (χ2n) is 10.7. The number of halogens is 4. The molecule has 2 N–H and O–H groups in total. The average molecular weight is 710 g/mol. The summed E-state index contributed by atoms with van der Waals surface area (Å²) in [6.45, 7) is 7.25. The number of nitrogen functional groups attached to an aromatic ring is 1. The van der Waals surface area contributed by atoms with Crippen LogP contribution in [0.5, 0.6) is 0 Å². The highest BCUT2D eigenvalue weighted by Crippen LogP contribution is 2.35. The summed E-state index contributed by atoms with van der Waals surface area (Å²) in [7, 11) is 0. The van der Waals surface area contributed by atoms with Crippen LogP contribution < -0.4 is 5.73 Å². The van der Waals surface area contributed by atoms with Gasteiger partial charge in [0, 0.05) is 36.7 Å². The number of rotatable bonds is 4. The van der Waals surface area contributed by atoms with Crippen molar-refractivity contribution in [3.8, 4) is 11.1 Å². The number of nitrogens with zero attached hydrogens (tertiary/aromatic N) is 1. The third-order valence-corrected chi connectivity index (χ3v) is 7.22. The zero-order valence-electron chi connectivity index (χ0n) is 23.8. The molecule has 0 radical (unpaired) electrons. The molecular weight excluding hydrogens is 682 g/mol. The number of carbonyl (C=O) groups is 2. The quantitative estimate of drug-likeness (QED) is 0.114. The second-order valence-corrected chi connectivity index (χ2v) is 12.5. The number of esters is 1. The van der Waals surface area contributed by atoms with E-state index in [0.717, 1.165) is 25.4 Å². The summed E-state index contributed by atoms with van der Waals surface area (Å²) in [6.07, 6.45) is 0. The molecule has 0 spiro atoms. The number of fused-ring (bicyclic) bond motifs is 1. The summed E-state index contributed by atoms with van der Waals surface area (Å²) in [5, 5.41) is 0.803. The van der Waals surface area contributed by atoms with Crippen LogP contribution in [-0.4, -0.2) is 22.3 Å². The third kappa shape index (κ3) is 7.91. The van der Waals surface area contributed by atoms with Crippen molar-refractivity contribution in [3.63, 3.8) is 0 Å². The van der Waals surface area contributed by atoms with Crippen LogP contribution in [0.25, 0.3) is 22.0 Å². The minimum Gasteiger partial charge on any atom is -0.456 e. The molecule has 0 saturated carbocycles. The summed E-state index contributed by atoms with van der Waals surface area (Å²) in [5.41, 5.74) is 9.51. The molecule has 0 fully saturated rings. The molecule has 0 saturated heterocycles. The number of hydrogen-bond acceptors (Lipinski definition) is 5. The Kier molecular flexibility index (Phi) is 9.77. The van der Waals surface area contributed by atoms with Gasteiger partial charge in [0.2, 0.25) is 0 Å². The number of anilines is 1. The average Bonchev–Trinajstić information content (AvgIpc) is 2.94. The van der Waals surface area contributed by atoms with E-state index in [1.165, 1.54) is 36.4 Å². The zero-order chi connectivity index (χ0) is 31.5. The van der Waals surface area contributed by atoms with Crippen molar-refractivity contribution in [2.24, 2.45) is 0 Å². The van der Waals surface area contributed by atoms with E-state index in [1.807, 2.05) is 39.0 Å². The number of pyridine rings is 1. The molecule has 220 valence electrons. The van der Waals surface area contributed by atoms with E-state index >= 15 is 0 Å². The van der Waals surface area contributed by atoms with Crippen molar-refractivity contribution in [2.75, 3.05) is 5.73 Å². The molecule has 9 heteroatoms. The molecule has 1 heterocycles. The summed E-state index contributed by atoms with van der Waals surface area (Å²) in [6, 6.07) is 22.2. The number of ketones is 1. The van der Waals surface area contributed by atoms with Gasteiger partial charge < -0.3 is 10.5 Å². The van der Waals surface area contributed by atoms with E-state index < -0.39 is 11.6 Å². The predicted molar refractivity (Wildman–Crippen MR) is 173 cm³/mol. The summed E-state index contributed by atoms with van der Waals surface area (Å²) < 4.78 is 33.4. The minimum absolute atomic E-state index is 0.219. The molecule has 5 aromatic rings. The Morgan fingerprint density at radius 1 is 0.814 bits per heavy atom. The minimum atomic E-state index is -0.629. The number of carbonyl (C=O) groups excluding carboxylic acids is 2. The van der Waals surface area contributed by atoms with Crippen LogP contribution in [0.4, 0.5) is 14.5 Å². The van der Waals surface area contributed by atoms with Crippen molar-refractivity contribution < 1.29 is 23.1 Å². The molecule has 0 unspecified atom stereocenters. The Morgan fingerprint density at radius 3 is 1.98 bits per heavy atom. The van der Waals surface area contributed by atoms with Gasteiger partial charge in [0.05, 0.1) is 16.8 Å². The van der Waals surface area contributed by atoms with E-state index in [0.29, 0.717) is 33.6 Å². The molecule has 5 nitrogen and oxygen atoms in total. The lowest BCUT2D eigenvalue weighted by atomic mass is 9.94. The molecule has 0 atom stereocenters. The molecule has 43 heavy (non-hydrogen) atoms. The molecule has 0 amide bonds. The van der Waals surface area contributed by atoms with Gasteiger partial charge in [0.15, 0.2) is 5.78 Å². The highest BCUT2D eigenvalue weighted by Gasteiger charge is 2.25. The number of aryl methyl sites for hydroxylation is 1. The topological polar surface area (TPSA) is 82.3 Å². The molecule has 0 aliphatic heterocycles. The maximum Gasteiger partial charge on any atom is 0.341 e. The van der Waals surface area contributed by atoms with E-state index in [4.69, 9.17) is 10.5 Å². The first-order valence-corrected chi connectivity index (χ1v) is 14.8. The van der Waals surface area contributed by atoms with E-state index in [9.17, 15) is 18.4 Å². The smallest absolute Gasteiger partial charge is 0.341 e. The fourth-order valence-electron chi connectivity index (χ4n) is 4.34. The van der Waals surface area contributed by atoms with Crippen LogP contribution in [0.2, 0.25) is 0 Å². The van der Waals surface area contributed by atoms with Gasteiger partial charge in [-0.1, -0.05) is 44.0 Å². The standard InChI is InChI=1S/C21H19BrFNO2.C13H9BrFNO/c1-12-18(20(25)26-21(2,3)4)19(13-5-8-15(23)9-6-13)16-11-14(22)7-10-17(16)24-12;14-9-3-6-12(16)11(7-9)13(17)8-1-4-10(15)5-2-8/h5-11H,1-4H3;1-7H,16H2. The highest BCUT2D eigenvalue weighted by atomic mass is 79.9. The van der Waals surface area contributed by atoms with Gasteiger partial charge in [0.25, 0.3) is 0 Å². The van der Waals surface area contributed by atoms with Gasteiger partial charge in [0.1, 0.15) is 17.2 Å². The number of aromatic nitrogens is 1. The normalized spacial score (nSPS) is 11.1. The van der Waals surface area contributed by atoms with E-state index in [2.05, 4.69) is 36.8 Å². The Balaban J connectivity index is 0.000000215. The van der Waals surface area contributed by atoms with E-state index in [-0.39, 0.29) is 17.4 Å². The Morgan fingerprint density at radius 2 is 1.37 bits per heavy atom. The monoisotopic (exact) mass is 708 g/mol. The molecular formula is C34H28Br2F2N2O3. The first kappa shape index (κ1) is 32.0. The summed E-state index contributed by atoms with van der Waals surface area (Å²) in [5.74, 6) is -1.36. The maximum absolute atomic E-state index is 13.4. The third-order valence-electron chi connectivity index (χ3n) is 6.23. The van der Waals surface area contributed by atoms with Crippen LogP contribution in [-0.2, 0) is 4.74 Å². The number of nitrogens with two attached hydrogens (primary N) is 1. The van der Waals surface area contributed by atoms with Crippen LogP contribution in [0.3, 0.4) is 0 Å². The lowest BCUT2D eigenvalue weighted by molar-refractivity contribution is 0.00692. The highest BCUT2D eigenvalue weighted by molar-refractivity contribution is 9.10. The summed E-state index contributed by atoms with van der Waals surface area (Å²) >= 11 is 6.76. The number of benzene rings is 4. The largest absolute Gasteiger partial charge is 0.456 e. The predicted octanol–water partition coefficient (Wildman–Crippen LogP) is 9.47. The zero-order valence-corrected chi connectivity index (χ0v) is 27.0. The Labute approximate surface area is 265 Å². The van der Waals surface area contributed by atoms with Gasteiger partial charge in [-0.15, -0.1) is 0 Å². The van der Waals surface area contributed by atoms with Crippen molar-refractivity contribution in [2.45, 2.75) is 33.3 Å². The molecule has 0 aliphatic carbocycles. The number of hydrogen-bond donors (Lipinski definition) is 1. The van der Waals surface area contributed by atoms with Crippen LogP contribution in [0.1, 0.15) is 52.7 Å². The maximum atomic E-state index is 13.4. The lowest BCUT2D eigenvalue weighted by Gasteiger charge is -2.22. The molecule has 5 rings (SSSR count). The van der Waals surface area contributed by atoms with Crippen LogP contribution in [0, 0.1) is 18.6 Å².